The quantitative estimate of drug-likeness (QED) is 0.485. The number of hydrogen-bond donors (Lipinski definition) is 2. The number of nitrogens with one attached hydrogen (secondary N) is 1. The van der Waals surface area contributed by atoms with E-state index in [0.29, 0.717) is 5.95 Å². The first-order valence-electron chi connectivity index (χ1n) is 6.00. The summed E-state index contributed by atoms with van der Waals surface area (Å²) in [6.07, 6.45) is 0.788. The van der Waals surface area contributed by atoms with Crippen molar-refractivity contribution >= 4 is 39.3 Å². The van der Waals surface area contributed by atoms with Crippen molar-refractivity contribution in [1.29, 1.82) is 0 Å². The molecule has 0 spiro atoms. The number of aliphatic hydroxyl groups is 1. The number of aryl methyl sites for hydroxylation is 1. The summed E-state index contributed by atoms with van der Waals surface area (Å²) in [5.41, 5.74) is 0. The molecule has 4 nitrogen and oxygen atoms in total. The maximum Gasteiger partial charge on any atom is 0.225 e. The number of aromatic nitrogens is 2. The second kappa shape index (κ2) is 6.36. The largest absolute Gasteiger partial charge is 0.396 e. The minimum atomic E-state index is 0.226. The Labute approximate surface area is 115 Å². The average Bonchev–Trinajstić information content (AvgIpc) is 2.70. The van der Waals surface area contributed by atoms with Gasteiger partial charge in [0.15, 0.2) is 0 Å². The zero-order chi connectivity index (χ0) is 13.0. The van der Waals surface area contributed by atoms with Crippen LogP contribution in [-0.4, -0.2) is 34.0 Å². The Morgan fingerprint density at radius 2 is 2.28 bits per heavy atom. The molecule has 2 N–H and O–H groups in total. The second-order valence-corrected chi connectivity index (χ2v) is 6.20. The monoisotopic (exact) mass is 283 g/mol. The van der Waals surface area contributed by atoms with Gasteiger partial charge in [-0.2, -0.15) is 0 Å². The van der Waals surface area contributed by atoms with Crippen molar-refractivity contribution in [2.45, 2.75) is 25.3 Å². The lowest BCUT2D eigenvalue weighted by Gasteiger charge is -2.05. The minimum absolute atomic E-state index is 0.226. The van der Waals surface area contributed by atoms with Crippen LogP contribution in [0, 0.1) is 6.92 Å². The van der Waals surface area contributed by atoms with E-state index in [1.54, 1.807) is 23.1 Å². The van der Waals surface area contributed by atoms with E-state index < -0.39 is 0 Å². The van der Waals surface area contributed by atoms with E-state index in [1.165, 1.54) is 4.88 Å². The molecule has 0 bridgehead atoms. The highest BCUT2D eigenvalue weighted by Gasteiger charge is 2.10. The molecule has 0 saturated carbocycles. The van der Waals surface area contributed by atoms with E-state index in [-0.39, 0.29) is 6.61 Å². The van der Waals surface area contributed by atoms with Gasteiger partial charge in [-0.1, -0.05) is 0 Å². The van der Waals surface area contributed by atoms with Gasteiger partial charge in [0.25, 0.3) is 0 Å². The van der Waals surface area contributed by atoms with E-state index in [0.717, 1.165) is 34.0 Å². The molecule has 98 valence electrons. The topological polar surface area (TPSA) is 58.0 Å². The molecule has 2 rings (SSSR count). The number of aliphatic hydroxyl groups excluding tert-OH is 1. The summed E-state index contributed by atoms with van der Waals surface area (Å²) in [7, 11) is 0. The number of anilines is 1. The van der Waals surface area contributed by atoms with Crippen molar-refractivity contribution in [3.63, 3.8) is 0 Å². The Bertz CT molecular complexity index is 527. The molecule has 0 aliphatic heterocycles. The first-order valence-corrected chi connectivity index (χ1v) is 7.80. The molecule has 2 aromatic rings. The van der Waals surface area contributed by atoms with Crippen molar-refractivity contribution in [3.05, 3.63) is 10.9 Å². The maximum absolute atomic E-state index is 8.84. The molecule has 0 aliphatic rings. The van der Waals surface area contributed by atoms with Gasteiger partial charge in [0.05, 0.1) is 0 Å². The third-order valence-electron chi connectivity index (χ3n) is 2.36. The summed E-state index contributed by atoms with van der Waals surface area (Å²) in [6, 6.07) is 2.14. The predicted molar refractivity (Wildman–Crippen MR) is 78.7 cm³/mol. The van der Waals surface area contributed by atoms with E-state index in [2.05, 4.69) is 28.3 Å². The lowest BCUT2D eigenvalue weighted by molar-refractivity contribution is 0.296. The van der Waals surface area contributed by atoms with Crippen LogP contribution in [0.2, 0.25) is 0 Å². The Kier molecular flexibility index (Phi) is 4.79. The van der Waals surface area contributed by atoms with Gasteiger partial charge in [0.1, 0.15) is 9.86 Å². The average molecular weight is 283 g/mol. The van der Waals surface area contributed by atoms with Crippen LogP contribution >= 0.6 is 23.1 Å². The van der Waals surface area contributed by atoms with Gasteiger partial charge >= 0.3 is 0 Å². The molecule has 0 fully saturated rings. The number of thioether (sulfide) groups is 1. The molecule has 0 saturated heterocycles. The van der Waals surface area contributed by atoms with Crippen molar-refractivity contribution in [2.24, 2.45) is 0 Å². The molecule has 0 amide bonds. The van der Waals surface area contributed by atoms with Gasteiger partial charge in [0, 0.05) is 29.2 Å². The minimum Gasteiger partial charge on any atom is -0.396 e. The fraction of sp³-hybridized carbons (Fsp3) is 0.500. The van der Waals surface area contributed by atoms with E-state index in [1.807, 2.05) is 6.92 Å². The maximum atomic E-state index is 8.84. The summed E-state index contributed by atoms with van der Waals surface area (Å²) in [6.45, 7) is 5.16. The first kappa shape index (κ1) is 13.6. The summed E-state index contributed by atoms with van der Waals surface area (Å²) in [5, 5.41) is 14.1. The summed E-state index contributed by atoms with van der Waals surface area (Å²) in [4.78, 5) is 11.3. The molecule has 0 unspecified atom stereocenters. The van der Waals surface area contributed by atoms with E-state index in [4.69, 9.17) is 5.11 Å². The zero-order valence-electron chi connectivity index (χ0n) is 10.6. The van der Waals surface area contributed by atoms with Crippen molar-refractivity contribution < 1.29 is 5.11 Å². The molecule has 0 atom stereocenters. The van der Waals surface area contributed by atoms with Crippen molar-refractivity contribution in [2.75, 3.05) is 24.2 Å². The van der Waals surface area contributed by atoms with Gasteiger partial charge in [-0.05, 0) is 26.3 Å². The first-order chi connectivity index (χ1) is 8.74. The Balaban J connectivity index is 2.33. The van der Waals surface area contributed by atoms with Gasteiger partial charge in [0.2, 0.25) is 5.95 Å². The van der Waals surface area contributed by atoms with Gasteiger partial charge in [-0.25, -0.2) is 9.97 Å². The van der Waals surface area contributed by atoms with E-state index in [9.17, 15) is 0 Å². The number of thiophene rings is 1. The molecule has 0 radical (unpaired) electrons. The van der Waals surface area contributed by atoms with E-state index >= 15 is 0 Å². The highest BCUT2D eigenvalue weighted by atomic mass is 32.2. The fourth-order valence-electron chi connectivity index (χ4n) is 1.60. The van der Waals surface area contributed by atoms with Crippen molar-refractivity contribution in [3.8, 4) is 0 Å². The van der Waals surface area contributed by atoms with Gasteiger partial charge in [-0.15, -0.1) is 23.1 Å². The number of hydrogen-bond acceptors (Lipinski definition) is 6. The lowest BCUT2D eigenvalue weighted by Crippen LogP contribution is -2.02. The number of rotatable bonds is 6. The zero-order valence-corrected chi connectivity index (χ0v) is 12.2. The fourth-order valence-corrected chi connectivity index (χ4v) is 3.47. The molecule has 0 aromatic carbocycles. The highest BCUT2D eigenvalue weighted by Crippen LogP contribution is 2.32. The van der Waals surface area contributed by atoms with Crippen molar-refractivity contribution in [1.82, 2.24) is 9.97 Å². The smallest absolute Gasteiger partial charge is 0.225 e. The Morgan fingerprint density at radius 3 is 3.00 bits per heavy atom. The SMILES string of the molecule is CCNc1nc(SCCCO)c2cc(C)sc2n1. The van der Waals surface area contributed by atoms with Crippen LogP contribution in [0.15, 0.2) is 11.1 Å². The van der Waals surface area contributed by atoms with Crippen LogP contribution in [0.5, 0.6) is 0 Å². The summed E-state index contributed by atoms with van der Waals surface area (Å²) < 4.78 is 0. The molecule has 0 aliphatic carbocycles. The number of fused-ring (bicyclic) bond motifs is 1. The molecule has 2 aromatic heterocycles. The third kappa shape index (κ3) is 3.13. The molecular weight excluding hydrogens is 266 g/mol. The predicted octanol–water partition coefficient (Wildman–Crippen LogP) is 2.91. The lowest BCUT2D eigenvalue weighted by atomic mass is 10.4. The van der Waals surface area contributed by atoms with Crippen LogP contribution in [0.4, 0.5) is 5.95 Å². The second-order valence-electron chi connectivity index (χ2n) is 3.88. The Hall–Kier alpha value is -0.850. The molecular formula is C12H17N3OS2. The Morgan fingerprint density at radius 1 is 1.44 bits per heavy atom. The standard InChI is InChI=1S/C12H17N3OS2/c1-3-13-12-14-10(17-6-4-5-16)9-7-8(2)18-11(9)15-12/h7,16H,3-6H2,1-2H3,(H,13,14,15). The molecule has 18 heavy (non-hydrogen) atoms. The summed E-state index contributed by atoms with van der Waals surface area (Å²) >= 11 is 3.38. The highest BCUT2D eigenvalue weighted by molar-refractivity contribution is 7.99. The van der Waals surface area contributed by atoms with Crippen LogP contribution in [0.3, 0.4) is 0 Å². The van der Waals surface area contributed by atoms with Crippen LogP contribution < -0.4 is 5.32 Å². The number of nitrogens with zero attached hydrogens (tertiary/aromatic N) is 2. The third-order valence-corrected chi connectivity index (χ3v) is 4.38. The van der Waals surface area contributed by atoms with Crippen LogP contribution in [0.25, 0.3) is 10.2 Å². The van der Waals surface area contributed by atoms with Crippen LogP contribution in [-0.2, 0) is 0 Å². The normalized spacial score (nSPS) is 11.1. The summed E-state index contributed by atoms with van der Waals surface area (Å²) in [5.74, 6) is 1.57. The van der Waals surface area contributed by atoms with Gasteiger partial charge < -0.3 is 10.4 Å². The van der Waals surface area contributed by atoms with Gasteiger partial charge in [-0.3, -0.25) is 0 Å². The molecule has 2 heterocycles. The van der Waals surface area contributed by atoms with Crippen LogP contribution in [0.1, 0.15) is 18.2 Å². The molecule has 6 heteroatoms.